The molecule has 1 aromatic carbocycles. The van der Waals surface area contributed by atoms with Gasteiger partial charge in [0.25, 0.3) is 5.22 Å². The molecule has 0 aliphatic carbocycles. The number of benzene rings is 1. The van der Waals surface area contributed by atoms with Gasteiger partial charge >= 0.3 is 0 Å². The van der Waals surface area contributed by atoms with Crippen molar-refractivity contribution in [2.75, 3.05) is 16.8 Å². The van der Waals surface area contributed by atoms with Gasteiger partial charge in [-0.15, -0.1) is 10.2 Å². The predicted octanol–water partition coefficient (Wildman–Crippen LogP) is 2.73. The molecule has 146 valence electrons. The van der Waals surface area contributed by atoms with Crippen LogP contribution in [-0.4, -0.2) is 41.3 Å². The number of hydrogen-bond donors (Lipinski definition) is 1. The van der Waals surface area contributed by atoms with E-state index in [1.54, 1.807) is 6.92 Å². The second kappa shape index (κ2) is 8.43. The van der Waals surface area contributed by atoms with Crippen LogP contribution in [-0.2, 0) is 27.5 Å². The lowest BCUT2D eigenvalue weighted by Crippen LogP contribution is -2.22. The first kappa shape index (κ1) is 19.9. The van der Waals surface area contributed by atoms with Crippen LogP contribution in [0, 0.1) is 5.92 Å². The lowest BCUT2D eigenvalue weighted by atomic mass is 10.1. The minimum atomic E-state index is -2.92. The van der Waals surface area contributed by atoms with Crippen LogP contribution < -0.4 is 5.32 Å². The van der Waals surface area contributed by atoms with Crippen LogP contribution in [0.25, 0.3) is 0 Å². The van der Waals surface area contributed by atoms with Gasteiger partial charge in [-0.2, -0.15) is 0 Å². The normalized spacial score (nSPS) is 19.7. The van der Waals surface area contributed by atoms with Crippen molar-refractivity contribution in [3.05, 3.63) is 35.7 Å². The fourth-order valence-electron chi connectivity index (χ4n) is 2.92. The first-order valence-corrected chi connectivity index (χ1v) is 11.6. The summed E-state index contributed by atoms with van der Waals surface area (Å²) in [4.78, 5) is 12.3. The zero-order valence-corrected chi connectivity index (χ0v) is 17.0. The molecule has 2 atom stereocenters. The molecule has 1 aliphatic heterocycles. The van der Waals surface area contributed by atoms with Gasteiger partial charge in [0.1, 0.15) is 0 Å². The van der Waals surface area contributed by atoms with Gasteiger partial charge in [0.2, 0.25) is 11.8 Å². The summed E-state index contributed by atoms with van der Waals surface area (Å²) in [6, 6.07) is 7.74. The second-order valence-corrected chi connectivity index (χ2v) is 10.3. The number of carbonyl (C=O) groups excluding carboxylic acids is 1. The molecule has 0 radical (unpaired) electrons. The number of aromatic nitrogens is 2. The fourth-order valence-corrected chi connectivity index (χ4v) is 5.48. The number of nitrogens with one attached hydrogen (secondary N) is 1. The lowest BCUT2D eigenvalue weighted by molar-refractivity contribution is -0.115. The molecule has 2 heterocycles. The second-order valence-electron chi connectivity index (χ2n) is 6.73. The summed E-state index contributed by atoms with van der Waals surface area (Å²) in [5.74, 6) is 0.700. The molecule has 2 aromatic rings. The minimum Gasteiger partial charge on any atom is -0.416 e. The standard InChI is InChI=1S/C18H23N3O4S2/c1-3-13-4-6-15(7-5-13)19-17(22)12(2)26-18-21-20-16(25-18)10-14-8-9-27(23,24)11-14/h4-7,12,14H,3,8-11H2,1-2H3,(H,19,22)/t12-,14-/m0/s1. The third-order valence-electron chi connectivity index (χ3n) is 4.51. The van der Waals surface area contributed by atoms with Crippen molar-refractivity contribution in [1.29, 1.82) is 0 Å². The molecule has 0 unspecified atom stereocenters. The quantitative estimate of drug-likeness (QED) is 0.702. The maximum Gasteiger partial charge on any atom is 0.277 e. The topological polar surface area (TPSA) is 102 Å². The minimum absolute atomic E-state index is 0.0279. The number of aryl methyl sites for hydroxylation is 1. The summed E-state index contributed by atoms with van der Waals surface area (Å²) in [5, 5.41) is 10.7. The maximum absolute atomic E-state index is 12.3. The van der Waals surface area contributed by atoms with Crippen molar-refractivity contribution < 1.29 is 17.6 Å². The van der Waals surface area contributed by atoms with Gasteiger partial charge in [-0.3, -0.25) is 4.79 Å². The van der Waals surface area contributed by atoms with Crippen molar-refractivity contribution in [1.82, 2.24) is 10.2 Å². The summed E-state index contributed by atoms with van der Waals surface area (Å²) < 4.78 is 28.6. The number of hydrogen-bond acceptors (Lipinski definition) is 7. The fraction of sp³-hybridized carbons (Fsp3) is 0.500. The van der Waals surface area contributed by atoms with E-state index >= 15 is 0 Å². The number of rotatable bonds is 7. The Morgan fingerprint density at radius 1 is 1.33 bits per heavy atom. The van der Waals surface area contributed by atoms with Gasteiger partial charge in [-0.1, -0.05) is 30.8 Å². The number of nitrogens with zero attached hydrogens (tertiary/aromatic N) is 2. The Morgan fingerprint density at radius 2 is 2.07 bits per heavy atom. The third-order valence-corrected chi connectivity index (χ3v) is 7.29. The van der Waals surface area contributed by atoms with Crippen LogP contribution in [0.15, 0.2) is 33.9 Å². The Labute approximate surface area is 163 Å². The van der Waals surface area contributed by atoms with Crippen molar-refractivity contribution in [2.45, 2.75) is 43.6 Å². The number of thioether (sulfide) groups is 1. The Kier molecular flexibility index (Phi) is 6.21. The van der Waals surface area contributed by atoms with Gasteiger partial charge < -0.3 is 9.73 Å². The molecule has 0 bridgehead atoms. The Morgan fingerprint density at radius 3 is 2.70 bits per heavy atom. The monoisotopic (exact) mass is 409 g/mol. The van der Waals surface area contributed by atoms with E-state index in [9.17, 15) is 13.2 Å². The van der Waals surface area contributed by atoms with Crippen LogP contribution in [0.5, 0.6) is 0 Å². The molecule has 1 aromatic heterocycles. The largest absolute Gasteiger partial charge is 0.416 e. The number of amides is 1. The molecular formula is C18H23N3O4S2. The maximum atomic E-state index is 12.3. The van der Waals surface area contributed by atoms with Crippen LogP contribution in [0.2, 0.25) is 0 Å². The van der Waals surface area contributed by atoms with Crippen LogP contribution in [0.4, 0.5) is 5.69 Å². The van der Waals surface area contributed by atoms with Gasteiger partial charge in [0.05, 0.1) is 16.8 Å². The Hall–Kier alpha value is -1.87. The van der Waals surface area contributed by atoms with Crippen molar-refractivity contribution in [3.8, 4) is 0 Å². The zero-order chi connectivity index (χ0) is 19.4. The summed E-state index contributed by atoms with van der Waals surface area (Å²) in [5.41, 5.74) is 1.96. The number of sulfone groups is 1. The molecule has 3 rings (SSSR count). The van der Waals surface area contributed by atoms with Gasteiger partial charge in [-0.05, 0) is 43.4 Å². The molecule has 1 N–H and O–H groups in total. The zero-order valence-electron chi connectivity index (χ0n) is 15.3. The van der Waals surface area contributed by atoms with Gasteiger partial charge in [0, 0.05) is 12.1 Å². The summed E-state index contributed by atoms with van der Waals surface area (Å²) in [7, 11) is -2.92. The summed E-state index contributed by atoms with van der Waals surface area (Å²) >= 11 is 1.19. The highest BCUT2D eigenvalue weighted by atomic mass is 32.2. The molecule has 0 spiro atoms. The molecule has 9 heteroatoms. The SMILES string of the molecule is CCc1ccc(NC(=O)[C@H](C)Sc2nnc(C[C@@H]3CCS(=O)(=O)C3)o2)cc1. The van der Waals surface area contributed by atoms with E-state index in [1.165, 1.54) is 17.3 Å². The highest BCUT2D eigenvalue weighted by molar-refractivity contribution is 8.00. The Bertz CT molecular complexity index is 894. The van der Waals surface area contributed by atoms with Gasteiger partial charge in [-0.25, -0.2) is 8.42 Å². The number of anilines is 1. The molecule has 27 heavy (non-hydrogen) atoms. The first-order valence-electron chi connectivity index (χ1n) is 8.94. The molecule has 7 nitrogen and oxygen atoms in total. The average Bonchev–Trinajstić information content (AvgIpc) is 3.21. The van der Waals surface area contributed by atoms with Crippen LogP contribution in [0.1, 0.15) is 31.7 Å². The summed E-state index contributed by atoms with van der Waals surface area (Å²) in [6.45, 7) is 3.85. The molecule has 1 amide bonds. The predicted molar refractivity (Wildman–Crippen MR) is 105 cm³/mol. The van der Waals surface area contributed by atoms with Crippen LogP contribution in [0.3, 0.4) is 0 Å². The summed E-state index contributed by atoms with van der Waals surface area (Å²) in [6.07, 6.45) is 2.03. The first-order chi connectivity index (χ1) is 12.8. The molecule has 0 saturated carbocycles. The highest BCUT2D eigenvalue weighted by Crippen LogP contribution is 2.26. The van der Waals surface area contributed by atoms with Crippen molar-refractivity contribution in [2.24, 2.45) is 5.92 Å². The van der Waals surface area contributed by atoms with Crippen molar-refractivity contribution >= 4 is 33.2 Å². The third kappa shape index (κ3) is 5.55. The highest BCUT2D eigenvalue weighted by Gasteiger charge is 2.29. The van der Waals surface area contributed by atoms with Crippen molar-refractivity contribution in [3.63, 3.8) is 0 Å². The molecule has 1 saturated heterocycles. The van der Waals surface area contributed by atoms with E-state index in [1.807, 2.05) is 24.3 Å². The molecular weight excluding hydrogens is 386 g/mol. The van der Waals surface area contributed by atoms with E-state index in [0.717, 1.165) is 12.1 Å². The van der Waals surface area contributed by atoms with E-state index in [2.05, 4.69) is 22.4 Å². The Balaban J connectivity index is 1.52. The average molecular weight is 410 g/mol. The van der Waals surface area contributed by atoms with E-state index in [0.29, 0.717) is 24.0 Å². The number of carbonyl (C=O) groups is 1. The van der Waals surface area contributed by atoms with E-state index in [-0.39, 0.29) is 23.3 Å². The van der Waals surface area contributed by atoms with Gasteiger partial charge in [0.15, 0.2) is 9.84 Å². The van der Waals surface area contributed by atoms with E-state index < -0.39 is 15.1 Å². The molecule has 1 aliphatic rings. The molecule has 1 fully saturated rings. The smallest absolute Gasteiger partial charge is 0.277 e. The van der Waals surface area contributed by atoms with E-state index in [4.69, 9.17) is 4.42 Å². The lowest BCUT2D eigenvalue weighted by Gasteiger charge is -2.10. The van der Waals surface area contributed by atoms with Crippen LogP contribution >= 0.6 is 11.8 Å².